The molecule has 0 spiro atoms. The summed E-state index contributed by atoms with van der Waals surface area (Å²) in [5.41, 5.74) is 10.9. The Morgan fingerprint density at radius 3 is 1.75 bits per heavy atom. The number of rotatable bonds is 6. The predicted octanol–water partition coefficient (Wildman–Crippen LogP) is 14.7. The van der Waals surface area contributed by atoms with Crippen molar-refractivity contribution in [1.82, 2.24) is 19.9 Å². The summed E-state index contributed by atoms with van der Waals surface area (Å²) >= 11 is 1.70. The normalized spacial score (nSPS) is 11.7. The molecular formula is C54H32N4OS. The fraction of sp³-hybridized carbons (Fsp3) is 0. The second kappa shape index (κ2) is 13.9. The summed E-state index contributed by atoms with van der Waals surface area (Å²) in [6, 6.07) is 67.5. The Labute approximate surface area is 348 Å². The number of hydrogen-bond acceptors (Lipinski definition) is 6. The molecule has 0 bridgehead atoms. The molecule has 0 unspecified atom stereocenters. The van der Waals surface area contributed by atoms with Crippen molar-refractivity contribution in [2.75, 3.05) is 0 Å². The second-order valence-corrected chi connectivity index (χ2v) is 16.0. The highest BCUT2D eigenvalue weighted by Crippen LogP contribution is 2.42. The SMILES string of the molecule is c1ccc(-c2nc3c(ccc4oc5ccc6ccc(-c7nc(-c8ccc(-c9ccc%10ccccc%10c9)cc8)nc(-c8ccccc8-c8ccccc8)n7)cc6c5c43)s2)cc1. The van der Waals surface area contributed by atoms with Gasteiger partial charge in [0.05, 0.1) is 15.6 Å². The molecule has 12 aromatic rings. The van der Waals surface area contributed by atoms with E-state index in [1.165, 1.54) is 10.8 Å². The van der Waals surface area contributed by atoms with Crippen LogP contribution < -0.4 is 0 Å². The molecule has 0 fully saturated rings. The number of furan rings is 1. The van der Waals surface area contributed by atoms with Gasteiger partial charge in [-0.1, -0.05) is 164 Å². The van der Waals surface area contributed by atoms with Gasteiger partial charge in [-0.3, -0.25) is 0 Å². The zero-order chi connectivity index (χ0) is 39.6. The number of fused-ring (bicyclic) bond motifs is 8. The molecule has 5 nitrogen and oxygen atoms in total. The molecule has 0 N–H and O–H groups in total. The summed E-state index contributed by atoms with van der Waals surface area (Å²) in [4.78, 5) is 20.9. The van der Waals surface area contributed by atoms with Gasteiger partial charge in [0.25, 0.3) is 0 Å². The Kier molecular flexibility index (Phi) is 7.96. The van der Waals surface area contributed by atoms with Gasteiger partial charge in [0, 0.05) is 27.6 Å². The molecule has 0 aliphatic rings. The molecule has 0 aliphatic heterocycles. The van der Waals surface area contributed by atoms with Gasteiger partial charge in [0.1, 0.15) is 16.2 Å². The number of thiazole rings is 1. The quantitative estimate of drug-likeness (QED) is 0.168. The van der Waals surface area contributed by atoms with Gasteiger partial charge < -0.3 is 4.42 Å². The molecule has 3 aromatic heterocycles. The van der Waals surface area contributed by atoms with Crippen LogP contribution in [0.4, 0.5) is 0 Å². The van der Waals surface area contributed by atoms with Crippen LogP contribution >= 0.6 is 11.3 Å². The maximum atomic E-state index is 6.52. The number of benzene rings is 9. The summed E-state index contributed by atoms with van der Waals surface area (Å²) in [5, 5.41) is 7.63. The molecule has 60 heavy (non-hydrogen) atoms. The first-order chi connectivity index (χ1) is 29.7. The molecule has 0 saturated heterocycles. The Morgan fingerprint density at radius 1 is 0.350 bits per heavy atom. The molecule has 0 saturated carbocycles. The second-order valence-electron chi connectivity index (χ2n) is 15.0. The van der Waals surface area contributed by atoms with E-state index in [0.29, 0.717) is 17.5 Å². The van der Waals surface area contributed by atoms with Crippen LogP contribution in [0.25, 0.3) is 121 Å². The lowest BCUT2D eigenvalue weighted by atomic mass is 9.98. The largest absolute Gasteiger partial charge is 0.456 e. The van der Waals surface area contributed by atoms with Gasteiger partial charge in [-0.25, -0.2) is 19.9 Å². The summed E-state index contributed by atoms with van der Waals surface area (Å²) in [5.74, 6) is 1.80. The molecule has 6 heteroatoms. The highest BCUT2D eigenvalue weighted by Gasteiger charge is 2.20. The summed E-state index contributed by atoms with van der Waals surface area (Å²) in [7, 11) is 0. The third-order valence-electron chi connectivity index (χ3n) is 11.4. The molecule has 0 atom stereocenters. The van der Waals surface area contributed by atoms with Crippen LogP contribution in [0.2, 0.25) is 0 Å². The Morgan fingerprint density at radius 2 is 0.933 bits per heavy atom. The highest BCUT2D eigenvalue weighted by molar-refractivity contribution is 7.21. The van der Waals surface area contributed by atoms with E-state index in [9.17, 15) is 0 Å². The van der Waals surface area contributed by atoms with Crippen molar-refractivity contribution in [3.8, 4) is 67.0 Å². The molecule has 280 valence electrons. The van der Waals surface area contributed by atoms with Gasteiger partial charge in [0.15, 0.2) is 17.5 Å². The Hall–Kier alpha value is -7.80. The summed E-state index contributed by atoms with van der Waals surface area (Å²) in [6.45, 7) is 0. The fourth-order valence-electron chi connectivity index (χ4n) is 8.39. The van der Waals surface area contributed by atoms with Gasteiger partial charge in [0.2, 0.25) is 0 Å². The van der Waals surface area contributed by atoms with E-state index in [0.717, 1.165) is 92.4 Å². The van der Waals surface area contributed by atoms with Crippen molar-refractivity contribution < 1.29 is 4.42 Å². The maximum absolute atomic E-state index is 6.52. The molecular weight excluding hydrogens is 753 g/mol. The smallest absolute Gasteiger partial charge is 0.164 e. The third kappa shape index (κ3) is 5.84. The molecule has 9 aromatic carbocycles. The molecule has 0 aliphatic carbocycles. The Balaban J connectivity index is 1.04. The van der Waals surface area contributed by atoms with E-state index in [2.05, 4.69) is 176 Å². The molecule has 12 rings (SSSR count). The third-order valence-corrected chi connectivity index (χ3v) is 12.4. The van der Waals surface area contributed by atoms with Crippen molar-refractivity contribution >= 4 is 65.0 Å². The first-order valence-electron chi connectivity index (χ1n) is 20.0. The monoisotopic (exact) mass is 784 g/mol. The lowest BCUT2D eigenvalue weighted by Crippen LogP contribution is -2.01. The van der Waals surface area contributed by atoms with Crippen LogP contribution in [0.1, 0.15) is 0 Å². The minimum atomic E-state index is 0.591. The van der Waals surface area contributed by atoms with Crippen LogP contribution in [0.5, 0.6) is 0 Å². The number of hydrogen-bond donors (Lipinski definition) is 0. The fourth-order valence-corrected chi connectivity index (χ4v) is 9.37. The van der Waals surface area contributed by atoms with E-state index in [4.69, 9.17) is 24.4 Å². The minimum Gasteiger partial charge on any atom is -0.456 e. The van der Waals surface area contributed by atoms with Crippen LogP contribution in [-0.2, 0) is 0 Å². The Bertz CT molecular complexity index is 3600. The average molecular weight is 785 g/mol. The minimum absolute atomic E-state index is 0.591. The van der Waals surface area contributed by atoms with Crippen LogP contribution in [-0.4, -0.2) is 19.9 Å². The molecule has 0 amide bonds. The molecule has 0 radical (unpaired) electrons. The van der Waals surface area contributed by atoms with Gasteiger partial charge >= 0.3 is 0 Å². The van der Waals surface area contributed by atoms with E-state index >= 15 is 0 Å². The van der Waals surface area contributed by atoms with Gasteiger partial charge in [-0.05, 0) is 74.1 Å². The predicted molar refractivity (Wildman–Crippen MR) is 248 cm³/mol. The van der Waals surface area contributed by atoms with E-state index < -0.39 is 0 Å². The maximum Gasteiger partial charge on any atom is 0.164 e. The first-order valence-corrected chi connectivity index (χ1v) is 20.8. The van der Waals surface area contributed by atoms with Gasteiger partial charge in [-0.2, -0.15) is 0 Å². The van der Waals surface area contributed by atoms with Crippen molar-refractivity contribution in [1.29, 1.82) is 0 Å². The van der Waals surface area contributed by atoms with Crippen molar-refractivity contribution in [3.63, 3.8) is 0 Å². The first kappa shape index (κ1) is 34.3. The van der Waals surface area contributed by atoms with Crippen LogP contribution in [0.3, 0.4) is 0 Å². The standard InChI is InChI=1S/C54H32N4OS/c1-3-12-35(13-4-1)42-17-9-10-18-43(42)53-57-51(37-23-19-34(20-24-37)40-25-21-33-11-7-8-16-39(33)31-40)56-52(58-53)41-26-22-36-27-28-45-48(44(36)32-41)49-46(59-45)29-30-47-50(49)55-54(60-47)38-14-5-2-6-15-38/h1-32H. The average Bonchev–Trinajstić information content (AvgIpc) is 3.94. The van der Waals surface area contributed by atoms with E-state index in [-0.39, 0.29) is 0 Å². The van der Waals surface area contributed by atoms with E-state index in [1.807, 2.05) is 18.2 Å². The lowest BCUT2D eigenvalue weighted by Gasteiger charge is -2.13. The number of nitrogens with zero attached hydrogens (tertiary/aromatic N) is 4. The van der Waals surface area contributed by atoms with Crippen molar-refractivity contribution in [2.45, 2.75) is 0 Å². The van der Waals surface area contributed by atoms with Crippen molar-refractivity contribution in [3.05, 3.63) is 194 Å². The molecule has 3 heterocycles. The number of aromatic nitrogens is 4. The summed E-state index contributed by atoms with van der Waals surface area (Å²) < 4.78 is 7.64. The lowest BCUT2D eigenvalue weighted by molar-refractivity contribution is 0.669. The van der Waals surface area contributed by atoms with E-state index in [1.54, 1.807) is 11.3 Å². The van der Waals surface area contributed by atoms with Crippen LogP contribution in [0.15, 0.2) is 199 Å². The summed E-state index contributed by atoms with van der Waals surface area (Å²) in [6.07, 6.45) is 0. The topological polar surface area (TPSA) is 64.7 Å². The highest BCUT2D eigenvalue weighted by atomic mass is 32.1. The van der Waals surface area contributed by atoms with Crippen molar-refractivity contribution in [2.24, 2.45) is 0 Å². The zero-order valence-corrected chi connectivity index (χ0v) is 32.9. The zero-order valence-electron chi connectivity index (χ0n) is 32.1. The van der Waals surface area contributed by atoms with Crippen LogP contribution in [0, 0.1) is 0 Å². The van der Waals surface area contributed by atoms with Gasteiger partial charge in [-0.15, -0.1) is 11.3 Å².